The predicted octanol–water partition coefficient (Wildman–Crippen LogP) is 3.79. The van der Waals surface area contributed by atoms with Crippen molar-refractivity contribution < 1.29 is 18.8 Å². The fourth-order valence-corrected chi connectivity index (χ4v) is 3.91. The van der Waals surface area contributed by atoms with Crippen molar-refractivity contribution in [3.8, 4) is 22.8 Å². The molecule has 4 rings (SSSR count). The number of carbonyl (C=O) groups excluding carboxylic acids is 1. The minimum absolute atomic E-state index is 0.219. The first-order valence-electron chi connectivity index (χ1n) is 9.67. The van der Waals surface area contributed by atoms with Crippen molar-refractivity contribution in [2.75, 3.05) is 27.3 Å². The summed E-state index contributed by atoms with van der Waals surface area (Å²) in [5.41, 5.74) is 1.12. The summed E-state index contributed by atoms with van der Waals surface area (Å²) < 4.78 is 16.2. The lowest BCUT2D eigenvalue weighted by atomic mass is 9.99. The van der Waals surface area contributed by atoms with Crippen molar-refractivity contribution in [1.29, 1.82) is 0 Å². The average molecular weight is 370 g/mol. The van der Waals surface area contributed by atoms with Crippen molar-refractivity contribution in [3.63, 3.8) is 0 Å². The van der Waals surface area contributed by atoms with Crippen LogP contribution >= 0.6 is 0 Å². The summed E-state index contributed by atoms with van der Waals surface area (Å²) in [6.45, 7) is 1.72. The highest BCUT2D eigenvalue weighted by molar-refractivity contribution is 5.91. The normalized spacial score (nSPS) is 18.7. The van der Waals surface area contributed by atoms with Gasteiger partial charge >= 0.3 is 0 Å². The van der Waals surface area contributed by atoms with Crippen LogP contribution in [-0.4, -0.2) is 43.3 Å². The summed E-state index contributed by atoms with van der Waals surface area (Å²) in [4.78, 5) is 15.2. The van der Waals surface area contributed by atoms with Gasteiger partial charge in [-0.3, -0.25) is 4.79 Å². The van der Waals surface area contributed by atoms with Crippen LogP contribution in [0.25, 0.3) is 11.3 Å². The molecule has 2 fully saturated rings. The van der Waals surface area contributed by atoms with Crippen LogP contribution in [-0.2, 0) is 10.2 Å². The van der Waals surface area contributed by atoms with Gasteiger partial charge in [0.15, 0.2) is 17.3 Å². The molecule has 1 aliphatic carbocycles. The topological polar surface area (TPSA) is 64.8 Å². The number of amides is 1. The number of aromatic nitrogens is 1. The third kappa shape index (κ3) is 3.29. The largest absolute Gasteiger partial charge is 0.493 e. The smallest absolute Gasteiger partial charge is 0.234 e. The minimum Gasteiger partial charge on any atom is -0.493 e. The molecule has 2 aliphatic rings. The second-order valence-corrected chi connectivity index (χ2v) is 7.43. The third-order valence-electron chi connectivity index (χ3n) is 5.72. The molecule has 6 nitrogen and oxygen atoms in total. The van der Waals surface area contributed by atoms with E-state index in [4.69, 9.17) is 14.0 Å². The van der Waals surface area contributed by atoms with Gasteiger partial charge in [-0.25, -0.2) is 0 Å². The Morgan fingerprint density at radius 2 is 1.74 bits per heavy atom. The summed E-state index contributed by atoms with van der Waals surface area (Å²) in [5.74, 6) is 2.16. The fourth-order valence-electron chi connectivity index (χ4n) is 3.91. The Hall–Kier alpha value is -2.50. The summed E-state index contributed by atoms with van der Waals surface area (Å²) in [6, 6.07) is 7.51. The lowest BCUT2D eigenvalue weighted by Gasteiger charge is -2.24. The highest BCUT2D eigenvalue weighted by Gasteiger charge is 2.55. The van der Waals surface area contributed by atoms with Crippen molar-refractivity contribution in [3.05, 3.63) is 30.0 Å². The minimum atomic E-state index is -0.483. The molecule has 144 valence electrons. The lowest BCUT2D eigenvalue weighted by molar-refractivity contribution is -0.134. The molecule has 1 aliphatic heterocycles. The Balaban J connectivity index is 1.58. The van der Waals surface area contributed by atoms with E-state index in [1.807, 2.05) is 29.2 Å². The Morgan fingerprint density at radius 3 is 2.37 bits per heavy atom. The SMILES string of the molecule is COc1ccc(-c2cc(C3(C(=O)N4CCCCCC4)CC3)no2)cc1OC. The van der Waals surface area contributed by atoms with E-state index in [0.717, 1.165) is 50.0 Å². The van der Waals surface area contributed by atoms with E-state index >= 15 is 0 Å². The molecule has 0 atom stereocenters. The second kappa shape index (κ2) is 7.25. The van der Waals surface area contributed by atoms with Crippen molar-refractivity contribution >= 4 is 5.91 Å². The first-order chi connectivity index (χ1) is 13.2. The number of ether oxygens (including phenoxy) is 2. The first kappa shape index (κ1) is 17.9. The van der Waals surface area contributed by atoms with Crippen LogP contribution < -0.4 is 9.47 Å². The number of hydrogen-bond donors (Lipinski definition) is 0. The molecule has 0 N–H and O–H groups in total. The van der Waals surface area contributed by atoms with Crippen LogP contribution in [0, 0.1) is 0 Å². The Kier molecular flexibility index (Phi) is 4.81. The Bertz CT molecular complexity index is 817. The molecule has 1 amide bonds. The van der Waals surface area contributed by atoms with Gasteiger partial charge < -0.3 is 18.9 Å². The van der Waals surface area contributed by atoms with Crippen LogP contribution in [0.2, 0.25) is 0 Å². The summed E-state index contributed by atoms with van der Waals surface area (Å²) in [7, 11) is 3.21. The van der Waals surface area contributed by atoms with Crippen LogP contribution in [0.1, 0.15) is 44.2 Å². The van der Waals surface area contributed by atoms with Crippen LogP contribution in [0.4, 0.5) is 0 Å². The van der Waals surface area contributed by atoms with E-state index in [1.165, 1.54) is 12.8 Å². The van der Waals surface area contributed by atoms with Gasteiger partial charge in [-0.1, -0.05) is 18.0 Å². The highest BCUT2D eigenvalue weighted by Crippen LogP contribution is 2.50. The van der Waals surface area contributed by atoms with Crippen molar-refractivity contribution in [2.45, 2.75) is 43.9 Å². The molecular weight excluding hydrogens is 344 g/mol. The van der Waals surface area contributed by atoms with Gasteiger partial charge in [0.05, 0.1) is 25.3 Å². The number of nitrogens with zero attached hydrogens (tertiary/aromatic N) is 2. The van der Waals surface area contributed by atoms with Crippen LogP contribution in [0.5, 0.6) is 11.5 Å². The van der Waals surface area contributed by atoms with Gasteiger partial charge in [0.2, 0.25) is 5.91 Å². The van der Waals surface area contributed by atoms with E-state index in [1.54, 1.807) is 14.2 Å². The van der Waals surface area contributed by atoms with E-state index in [9.17, 15) is 4.79 Å². The maximum atomic E-state index is 13.2. The fraction of sp³-hybridized carbons (Fsp3) is 0.524. The molecule has 0 unspecified atom stereocenters. The van der Waals surface area contributed by atoms with Gasteiger partial charge in [-0.15, -0.1) is 0 Å². The second-order valence-electron chi connectivity index (χ2n) is 7.43. The van der Waals surface area contributed by atoms with Crippen molar-refractivity contribution in [1.82, 2.24) is 10.1 Å². The zero-order chi connectivity index (χ0) is 18.9. The van der Waals surface area contributed by atoms with E-state index in [-0.39, 0.29) is 5.91 Å². The first-order valence-corrected chi connectivity index (χ1v) is 9.67. The van der Waals surface area contributed by atoms with E-state index in [0.29, 0.717) is 17.3 Å². The molecule has 0 radical (unpaired) electrons. The van der Waals surface area contributed by atoms with E-state index < -0.39 is 5.41 Å². The molecular formula is C21H26N2O4. The molecule has 1 saturated heterocycles. The van der Waals surface area contributed by atoms with Gasteiger partial charge in [0, 0.05) is 24.7 Å². The molecule has 0 spiro atoms. The molecule has 27 heavy (non-hydrogen) atoms. The number of likely N-dealkylation sites (tertiary alicyclic amines) is 1. The standard InChI is InChI=1S/C21H26N2O4/c1-25-16-8-7-15(13-18(16)26-2)17-14-19(22-27-17)21(9-10-21)20(24)23-11-5-3-4-6-12-23/h7-8,13-14H,3-6,9-12H2,1-2H3. The molecule has 0 bridgehead atoms. The molecule has 1 aromatic heterocycles. The zero-order valence-electron chi connectivity index (χ0n) is 16.0. The van der Waals surface area contributed by atoms with Gasteiger partial charge in [0.1, 0.15) is 0 Å². The number of carbonyl (C=O) groups is 1. The average Bonchev–Trinajstić information content (AvgIpc) is 3.44. The van der Waals surface area contributed by atoms with E-state index in [2.05, 4.69) is 5.16 Å². The molecule has 2 heterocycles. The third-order valence-corrected chi connectivity index (χ3v) is 5.72. The van der Waals surface area contributed by atoms with Crippen molar-refractivity contribution in [2.24, 2.45) is 0 Å². The molecule has 1 aromatic carbocycles. The predicted molar refractivity (Wildman–Crippen MR) is 101 cm³/mol. The van der Waals surface area contributed by atoms with Gasteiger partial charge in [0.25, 0.3) is 0 Å². The number of benzene rings is 1. The Morgan fingerprint density at radius 1 is 1.04 bits per heavy atom. The van der Waals surface area contributed by atoms with Crippen LogP contribution in [0.3, 0.4) is 0 Å². The number of rotatable bonds is 5. The van der Waals surface area contributed by atoms with Gasteiger partial charge in [-0.05, 0) is 43.9 Å². The maximum Gasteiger partial charge on any atom is 0.234 e. The quantitative estimate of drug-likeness (QED) is 0.801. The molecule has 6 heteroatoms. The summed E-state index contributed by atoms with van der Waals surface area (Å²) >= 11 is 0. The van der Waals surface area contributed by atoms with Crippen LogP contribution in [0.15, 0.2) is 28.8 Å². The monoisotopic (exact) mass is 370 g/mol. The number of hydrogen-bond acceptors (Lipinski definition) is 5. The highest BCUT2D eigenvalue weighted by atomic mass is 16.5. The Labute approximate surface area is 159 Å². The molecule has 2 aromatic rings. The summed E-state index contributed by atoms with van der Waals surface area (Å²) in [5, 5.41) is 4.27. The summed E-state index contributed by atoms with van der Waals surface area (Å²) in [6.07, 6.45) is 6.31. The van der Waals surface area contributed by atoms with Gasteiger partial charge in [-0.2, -0.15) is 0 Å². The number of methoxy groups -OCH3 is 2. The lowest BCUT2D eigenvalue weighted by Crippen LogP contribution is -2.40. The molecule has 1 saturated carbocycles. The zero-order valence-corrected chi connectivity index (χ0v) is 16.0. The maximum absolute atomic E-state index is 13.2.